The van der Waals surface area contributed by atoms with Crippen molar-refractivity contribution in [1.29, 1.82) is 0 Å². The molecule has 1 aliphatic heterocycles. The van der Waals surface area contributed by atoms with E-state index in [-0.39, 0.29) is 5.41 Å². The van der Waals surface area contributed by atoms with E-state index in [2.05, 4.69) is 25.9 Å². The van der Waals surface area contributed by atoms with Gasteiger partial charge in [0.1, 0.15) is 6.34 Å². The SMILES string of the molecule is CCCN1N=CN(CC(C)(C)C)C1C(Cl)(Cl)C(Cl)(Cl)Cl. The van der Waals surface area contributed by atoms with E-state index in [1.165, 1.54) is 0 Å². The van der Waals surface area contributed by atoms with Crippen molar-refractivity contribution in [3.63, 3.8) is 0 Å². The number of halogens is 5. The number of hydrazone groups is 1. The molecule has 0 spiro atoms. The Hall–Kier alpha value is 0.720. The molecule has 0 amide bonds. The molecule has 20 heavy (non-hydrogen) atoms. The number of nitrogens with zero attached hydrogens (tertiary/aromatic N) is 3. The van der Waals surface area contributed by atoms with Crippen molar-refractivity contribution in [2.45, 2.75) is 48.4 Å². The third-order valence-corrected chi connectivity index (χ3v) is 5.19. The largest absolute Gasteiger partial charge is 0.336 e. The summed E-state index contributed by atoms with van der Waals surface area (Å²) in [5.74, 6) is 0. The molecule has 0 bridgehead atoms. The molecule has 3 nitrogen and oxygen atoms in total. The zero-order valence-corrected chi connectivity index (χ0v) is 15.8. The average molecular weight is 384 g/mol. The predicted molar refractivity (Wildman–Crippen MR) is 90.2 cm³/mol. The lowest BCUT2D eigenvalue weighted by molar-refractivity contribution is 0.0941. The molecule has 0 saturated heterocycles. The molecular formula is C12H20Cl5N3. The second-order valence-electron chi connectivity index (χ2n) is 6.12. The number of hydrogen-bond acceptors (Lipinski definition) is 3. The zero-order chi connectivity index (χ0) is 15.8. The summed E-state index contributed by atoms with van der Waals surface area (Å²) in [4.78, 5) is 1.93. The summed E-state index contributed by atoms with van der Waals surface area (Å²) in [6.45, 7) is 9.76. The van der Waals surface area contributed by atoms with E-state index >= 15 is 0 Å². The van der Waals surface area contributed by atoms with E-state index in [0.29, 0.717) is 13.1 Å². The van der Waals surface area contributed by atoms with Gasteiger partial charge in [0.25, 0.3) is 0 Å². The Morgan fingerprint density at radius 2 is 1.65 bits per heavy atom. The summed E-state index contributed by atoms with van der Waals surface area (Å²) in [5.41, 5.74) is 0.0317. The van der Waals surface area contributed by atoms with Gasteiger partial charge in [0.15, 0.2) is 6.17 Å². The highest BCUT2D eigenvalue weighted by molar-refractivity contribution is 6.75. The summed E-state index contributed by atoms with van der Waals surface area (Å²) in [7, 11) is 0. The van der Waals surface area contributed by atoms with Gasteiger partial charge < -0.3 is 4.90 Å². The molecule has 1 atom stereocenters. The van der Waals surface area contributed by atoms with E-state index in [9.17, 15) is 0 Å². The summed E-state index contributed by atoms with van der Waals surface area (Å²) in [6.07, 6.45) is 2.08. The van der Waals surface area contributed by atoms with Gasteiger partial charge in [-0.25, -0.2) is 0 Å². The van der Waals surface area contributed by atoms with Crippen molar-refractivity contribution in [2.24, 2.45) is 10.5 Å². The van der Waals surface area contributed by atoms with Gasteiger partial charge in [0, 0.05) is 13.1 Å². The van der Waals surface area contributed by atoms with Crippen molar-refractivity contribution < 1.29 is 0 Å². The number of alkyl halides is 5. The van der Waals surface area contributed by atoms with Crippen LogP contribution in [0.25, 0.3) is 0 Å². The summed E-state index contributed by atoms with van der Waals surface area (Å²) >= 11 is 30.7. The molecule has 1 aliphatic rings. The molecular weight excluding hydrogens is 363 g/mol. The number of rotatable bonds is 4. The Balaban J connectivity index is 3.05. The van der Waals surface area contributed by atoms with Crippen LogP contribution in [0.1, 0.15) is 34.1 Å². The highest BCUT2D eigenvalue weighted by atomic mass is 35.6. The van der Waals surface area contributed by atoms with Crippen LogP contribution in [0.2, 0.25) is 0 Å². The standard InChI is InChI=1S/C12H20Cl5N3/c1-5-6-20-9(11(13,14)12(15,16)17)19(8-18-20)7-10(2,3)4/h8-9H,5-7H2,1-4H3. The second-order valence-corrected chi connectivity index (χ2v) is 9.79. The van der Waals surface area contributed by atoms with Gasteiger partial charge in [0.2, 0.25) is 8.13 Å². The lowest BCUT2D eigenvalue weighted by Crippen LogP contribution is -2.58. The first-order valence-corrected chi connectivity index (χ1v) is 8.30. The van der Waals surface area contributed by atoms with Crippen LogP contribution in [0.4, 0.5) is 0 Å². The fraction of sp³-hybridized carbons (Fsp3) is 0.917. The lowest BCUT2D eigenvalue weighted by Gasteiger charge is -2.43. The van der Waals surface area contributed by atoms with Gasteiger partial charge in [-0.3, -0.25) is 5.01 Å². The Kier molecular flexibility index (Phi) is 6.06. The molecule has 0 aromatic heterocycles. The van der Waals surface area contributed by atoms with Crippen molar-refractivity contribution in [1.82, 2.24) is 9.91 Å². The van der Waals surface area contributed by atoms with Crippen molar-refractivity contribution in [3.05, 3.63) is 0 Å². The van der Waals surface area contributed by atoms with Crippen LogP contribution in [-0.4, -0.2) is 43.6 Å². The quantitative estimate of drug-likeness (QED) is 0.645. The van der Waals surface area contributed by atoms with Gasteiger partial charge in [-0.05, 0) is 11.8 Å². The van der Waals surface area contributed by atoms with Crippen molar-refractivity contribution in [3.8, 4) is 0 Å². The summed E-state index contributed by atoms with van der Waals surface area (Å²) in [5, 5.41) is 6.11. The van der Waals surface area contributed by atoms with Gasteiger partial charge in [-0.1, -0.05) is 85.7 Å². The fourth-order valence-corrected chi connectivity index (χ4v) is 2.82. The second kappa shape index (κ2) is 6.45. The Labute approximate surface area is 146 Å². The average Bonchev–Trinajstić information content (AvgIpc) is 2.57. The van der Waals surface area contributed by atoms with E-state index in [1.54, 1.807) is 11.3 Å². The summed E-state index contributed by atoms with van der Waals surface area (Å²) < 4.78 is -3.43. The van der Waals surface area contributed by atoms with Gasteiger partial charge >= 0.3 is 0 Å². The molecule has 1 rings (SSSR count). The predicted octanol–water partition coefficient (Wildman–Crippen LogP) is 4.87. The van der Waals surface area contributed by atoms with Crippen molar-refractivity contribution in [2.75, 3.05) is 13.1 Å². The normalized spacial score (nSPS) is 20.9. The Bertz CT molecular complexity index is 359. The lowest BCUT2D eigenvalue weighted by atomic mass is 9.96. The van der Waals surface area contributed by atoms with Crippen LogP contribution in [0.5, 0.6) is 0 Å². The molecule has 0 aromatic rings. The highest BCUT2D eigenvalue weighted by Crippen LogP contribution is 2.51. The minimum absolute atomic E-state index is 0.0317. The molecule has 0 aliphatic carbocycles. The molecule has 1 heterocycles. The highest BCUT2D eigenvalue weighted by Gasteiger charge is 2.57. The molecule has 0 fully saturated rings. The zero-order valence-electron chi connectivity index (χ0n) is 12.0. The van der Waals surface area contributed by atoms with Gasteiger partial charge in [-0.2, -0.15) is 5.10 Å². The van der Waals surface area contributed by atoms with Crippen LogP contribution < -0.4 is 0 Å². The molecule has 0 saturated carbocycles. The number of hydrogen-bond donors (Lipinski definition) is 0. The smallest absolute Gasteiger partial charge is 0.227 e. The molecule has 0 N–H and O–H groups in total. The Morgan fingerprint density at radius 1 is 1.10 bits per heavy atom. The maximum Gasteiger partial charge on any atom is 0.227 e. The van der Waals surface area contributed by atoms with Crippen LogP contribution in [0.3, 0.4) is 0 Å². The van der Waals surface area contributed by atoms with Crippen LogP contribution in [-0.2, 0) is 0 Å². The first kappa shape index (κ1) is 18.8. The molecule has 118 valence electrons. The van der Waals surface area contributed by atoms with Crippen molar-refractivity contribution >= 4 is 64.3 Å². The maximum absolute atomic E-state index is 6.38. The Morgan fingerprint density at radius 3 is 2.05 bits per heavy atom. The summed E-state index contributed by atoms with van der Waals surface area (Å²) in [6, 6.07) is 0. The van der Waals surface area contributed by atoms with Gasteiger partial charge in [0.05, 0.1) is 0 Å². The first-order valence-electron chi connectivity index (χ1n) is 6.41. The maximum atomic E-state index is 6.38. The van der Waals surface area contributed by atoms with Crippen LogP contribution in [0.15, 0.2) is 5.10 Å². The van der Waals surface area contributed by atoms with E-state index < -0.39 is 14.3 Å². The monoisotopic (exact) mass is 381 g/mol. The topological polar surface area (TPSA) is 18.8 Å². The minimum atomic E-state index is -1.82. The van der Waals surface area contributed by atoms with Crippen LogP contribution >= 0.6 is 58.0 Å². The van der Waals surface area contributed by atoms with Gasteiger partial charge in [-0.15, -0.1) is 0 Å². The minimum Gasteiger partial charge on any atom is -0.336 e. The molecule has 8 heteroatoms. The van der Waals surface area contributed by atoms with E-state index in [0.717, 1.165) is 6.42 Å². The fourth-order valence-electron chi connectivity index (χ4n) is 2.06. The third-order valence-electron chi connectivity index (χ3n) is 2.76. The molecule has 1 unspecified atom stereocenters. The van der Waals surface area contributed by atoms with E-state index in [4.69, 9.17) is 58.0 Å². The third kappa shape index (κ3) is 4.36. The van der Waals surface area contributed by atoms with E-state index in [1.807, 2.05) is 11.8 Å². The van der Waals surface area contributed by atoms with Crippen LogP contribution in [0, 0.1) is 5.41 Å². The molecule has 0 aromatic carbocycles. The molecule has 0 radical (unpaired) electrons. The first-order chi connectivity index (χ1) is 8.90.